The van der Waals surface area contributed by atoms with Crippen molar-refractivity contribution in [2.45, 2.75) is 224 Å². The number of carbonyl (C=O) groups excluding carboxylic acids is 15. The summed E-state index contributed by atoms with van der Waals surface area (Å²) in [5.41, 5.74) is 28.5. The number of unbranched alkanes of at least 4 members (excludes halogenated alkanes) is 1. The Morgan fingerprint density at radius 3 is 1.25 bits per heavy atom. The number of phenolic OH excluding ortho intramolecular Hbond substituents is 1. The Hall–Kier alpha value is -9.37. The SMILES string of the molecule is CC[C@H](C)[C@H](NC(=O)CNC(=O)[C@@H](N)CCSC)C(=O)N[C@@H](CCC(N)=O)C(=O)N[C@@H](CC(N)=O)C(=O)N[C@@H](CC(N)=O)C(=O)N[C@@H](CC(C)C)C(=O)N[C@@H](CCCCN)C(=O)N[C@@H](Cc1ccc(O)cc1)C(=O)N[C@H](C(=O)N[C@@H](CCC(=O)O)C(=O)N[C@@H](CC(C)C)C(=O)N[C@@H](CS)C(=O)O)[C@@H](C)CC. The number of nitrogens with one attached hydrogen (secondary N) is 12. The number of aliphatic carboxylic acids is 2. The van der Waals surface area contributed by atoms with E-state index in [1.54, 1.807) is 55.4 Å². The molecule has 39 heteroatoms. The number of nitrogens with two attached hydrogens (primary N) is 5. The number of rotatable bonds is 53. The minimum atomic E-state index is -1.99. The zero-order valence-corrected chi connectivity index (χ0v) is 63.2. The number of carbonyl (C=O) groups is 17. The van der Waals surface area contributed by atoms with Crippen LogP contribution in [0.1, 0.15) is 151 Å². The number of carboxylic acids is 2. The highest BCUT2D eigenvalue weighted by atomic mass is 32.2. The van der Waals surface area contributed by atoms with Crippen molar-refractivity contribution in [2.75, 3.05) is 30.9 Å². The zero-order chi connectivity index (χ0) is 80.7. The van der Waals surface area contributed by atoms with Crippen LogP contribution in [0.25, 0.3) is 0 Å². The average Bonchev–Trinajstić information content (AvgIpc) is 0.848. The Morgan fingerprint density at radius 2 is 0.849 bits per heavy atom. The summed E-state index contributed by atoms with van der Waals surface area (Å²) in [5.74, 6) is -20.1. The van der Waals surface area contributed by atoms with Crippen LogP contribution in [0.5, 0.6) is 5.75 Å². The van der Waals surface area contributed by atoms with Gasteiger partial charge in [-0.2, -0.15) is 24.4 Å². The predicted octanol–water partition coefficient (Wildman–Crippen LogP) is -4.33. The van der Waals surface area contributed by atoms with Crippen molar-refractivity contribution in [1.29, 1.82) is 0 Å². The molecule has 0 saturated carbocycles. The molecular formula is C67H111N17O20S2. The Balaban J connectivity index is 3.78. The third kappa shape index (κ3) is 36.6. The van der Waals surface area contributed by atoms with Crippen LogP contribution in [0.15, 0.2) is 24.3 Å². The van der Waals surface area contributed by atoms with Gasteiger partial charge in [-0.1, -0.05) is 80.4 Å². The number of hydrogen-bond donors (Lipinski definition) is 21. The minimum absolute atomic E-state index is 0.0242. The molecule has 0 aliphatic carbocycles. The molecule has 1 rings (SSSR count). The van der Waals surface area contributed by atoms with Crippen molar-refractivity contribution in [1.82, 2.24) is 63.8 Å². The second kappa shape index (κ2) is 49.4. The fourth-order valence-electron chi connectivity index (χ4n) is 10.3. The first-order chi connectivity index (χ1) is 49.7. The molecule has 37 nitrogen and oxygen atoms in total. The van der Waals surface area contributed by atoms with E-state index in [1.165, 1.54) is 36.0 Å². The van der Waals surface area contributed by atoms with Gasteiger partial charge in [0.2, 0.25) is 88.6 Å². The van der Waals surface area contributed by atoms with Crippen molar-refractivity contribution in [3.63, 3.8) is 0 Å². The van der Waals surface area contributed by atoms with Crippen LogP contribution in [0, 0.1) is 23.7 Å². The summed E-state index contributed by atoms with van der Waals surface area (Å²) in [6.45, 7) is 12.8. The summed E-state index contributed by atoms with van der Waals surface area (Å²) >= 11 is 5.43. The molecule has 0 heterocycles. The van der Waals surface area contributed by atoms with Crippen LogP contribution in [-0.4, -0.2) is 219 Å². The smallest absolute Gasteiger partial charge is 0.327 e. The number of phenols is 1. The Bertz CT molecular complexity index is 3170. The van der Waals surface area contributed by atoms with Gasteiger partial charge in [0.25, 0.3) is 0 Å². The zero-order valence-electron chi connectivity index (χ0n) is 61.5. The lowest BCUT2D eigenvalue weighted by molar-refractivity contribution is -0.141. The molecule has 0 aliphatic rings. The molecule has 0 saturated heterocycles. The first-order valence-electron chi connectivity index (χ1n) is 35.0. The molecule has 0 spiro atoms. The van der Waals surface area contributed by atoms with Crippen LogP contribution in [0.4, 0.5) is 0 Å². The summed E-state index contributed by atoms with van der Waals surface area (Å²) in [6.07, 6.45) is -1.75. The van der Waals surface area contributed by atoms with Crippen molar-refractivity contribution >= 4 is 125 Å². The Kier molecular flexibility index (Phi) is 44.1. The van der Waals surface area contributed by atoms with Crippen LogP contribution in [-0.2, 0) is 87.9 Å². The van der Waals surface area contributed by atoms with Crippen LogP contribution in [0.2, 0.25) is 0 Å². The summed E-state index contributed by atoms with van der Waals surface area (Å²) in [5, 5.41) is 58.8. The summed E-state index contributed by atoms with van der Waals surface area (Å²) < 4.78 is 0. The number of thioether (sulfide) groups is 1. The molecular weight excluding hydrogens is 1430 g/mol. The normalized spacial score (nSPS) is 15.1. The second-order valence-electron chi connectivity index (χ2n) is 26.7. The standard InChI is InChI=1S/C67H111N17O20S2/c1-10-35(7)54(83-52(89)31-73-56(92)39(69)23-25-106-9)65(101)75-41(19-21-49(70)86)58(94)80-46(29-50(71)87)63(99)81-47(30-51(72)88)62(98)78-43(26-33(3)4)60(96)74-40(14-12-13-24-68)57(93)79-45(28-37-15-17-38(85)18-16-37)64(100)84-55(36(8)11-2)66(102)76-42(20-22-53(90)91)59(95)77-44(27-34(5)6)61(97)82-48(32-105)67(103)104/h15-18,33-36,39-48,54-55,85,105H,10-14,19-32,68-69H2,1-9H3,(H2,70,86)(H2,71,87)(H2,72,88)(H,73,92)(H,74,96)(H,75,101)(H,76,102)(H,77,95)(H,78,98)(H,79,93)(H,80,94)(H,81,99)(H,82,97)(H,83,89)(H,84,100)(H,90,91)(H,103,104)/t35-,36-,39-,40-,41-,42-,43-,44-,45-,46-,47-,48-,54-,55-/m0/s1. The Morgan fingerprint density at radius 1 is 0.462 bits per heavy atom. The molecule has 0 aromatic heterocycles. The highest BCUT2D eigenvalue weighted by Crippen LogP contribution is 2.18. The van der Waals surface area contributed by atoms with Gasteiger partial charge in [0.15, 0.2) is 0 Å². The number of primary amides is 3. The molecule has 106 heavy (non-hydrogen) atoms. The van der Waals surface area contributed by atoms with Crippen molar-refractivity contribution < 1.29 is 96.8 Å². The third-order valence-corrected chi connectivity index (χ3v) is 17.7. The number of amides is 15. The van der Waals surface area contributed by atoms with E-state index in [0.29, 0.717) is 30.6 Å². The largest absolute Gasteiger partial charge is 0.508 e. The number of thiol groups is 1. The molecule has 1 aromatic rings. The van der Waals surface area contributed by atoms with Gasteiger partial charge in [0, 0.05) is 25.0 Å². The highest BCUT2D eigenvalue weighted by molar-refractivity contribution is 7.98. The lowest BCUT2D eigenvalue weighted by Gasteiger charge is -2.30. The van der Waals surface area contributed by atoms with E-state index in [9.17, 15) is 96.8 Å². The number of aromatic hydroxyl groups is 1. The highest BCUT2D eigenvalue weighted by Gasteiger charge is 2.39. The number of benzene rings is 1. The van der Waals surface area contributed by atoms with E-state index in [1.807, 2.05) is 6.26 Å². The maximum absolute atomic E-state index is 14.8. The topological polar surface area (TPSA) is 625 Å². The predicted molar refractivity (Wildman–Crippen MR) is 392 cm³/mol. The molecule has 0 unspecified atom stereocenters. The molecule has 0 aliphatic heterocycles. The molecule has 596 valence electrons. The summed E-state index contributed by atoms with van der Waals surface area (Å²) in [4.78, 5) is 229. The van der Waals surface area contributed by atoms with Crippen LogP contribution < -0.4 is 92.5 Å². The molecule has 25 N–H and O–H groups in total. The quantitative estimate of drug-likeness (QED) is 0.0217. The van der Waals surface area contributed by atoms with Gasteiger partial charge in [-0.15, -0.1) is 0 Å². The van der Waals surface area contributed by atoms with E-state index >= 15 is 0 Å². The van der Waals surface area contributed by atoms with Gasteiger partial charge in [0.05, 0.1) is 25.4 Å². The van der Waals surface area contributed by atoms with E-state index < -0.39 is 236 Å². The van der Waals surface area contributed by atoms with Crippen molar-refractivity contribution in [3.8, 4) is 5.75 Å². The molecule has 0 fully saturated rings. The van der Waals surface area contributed by atoms with Crippen molar-refractivity contribution in [3.05, 3.63) is 29.8 Å². The second-order valence-corrected chi connectivity index (χ2v) is 28.0. The van der Waals surface area contributed by atoms with Gasteiger partial charge >= 0.3 is 11.9 Å². The van der Waals surface area contributed by atoms with Gasteiger partial charge in [0.1, 0.15) is 72.2 Å². The van der Waals surface area contributed by atoms with Gasteiger partial charge in [-0.3, -0.25) is 76.7 Å². The van der Waals surface area contributed by atoms with Gasteiger partial charge < -0.3 is 108 Å². The van der Waals surface area contributed by atoms with Gasteiger partial charge in [-0.25, -0.2) is 4.79 Å². The van der Waals surface area contributed by atoms with Gasteiger partial charge in [-0.05, 0) is 111 Å². The van der Waals surface area contributed by atoms with Crippen LogP contribution in [0.3, 0.4) is 0 Å². The fourth-order valence-corrected chi connectivity index (χ4v) is 11.1. The number of carboxylic acid groups (broad SMARTS) is 2. The maximum atomic E-state index is 14.8. The van der Waals surface area contributed by atoms with E-state index in [4.69, 9.17) is 28.7 Å². The monoisotopic (exact) mass is 1540 g/mol. The molecule has 15 amide bonds. The molecule has 14 atom stereocenters. The molecule has 1 aromatic carbocycles. The first kappa shape index (κ1) is 94.6. The fraction of sp³-hybridized carbons (Fsp3) is 0.657. The minimum Gasteiger partial charge on any atom is -0.508 e. The van der Waals surface area contributed by atoms with Crippen molar-refractivity contribution in [2.24, 2.45) is 52.3 Å². The van der Waals surface area contributed by atoms with Crippen LogP contribution >= 0.6 is 24.4 Å². The summed E-state index contributed by atoms with van der Waals surface area (Å²) in [7, 11) is 0. The number of hydrogen-bond acceptors (Lipinski definition) is 22. The van der Waals surface area contributed by atoms with E-state index in [2.05, 4.69) is 76.4 Å². The average molecular weight is 1540 g/mol. The maximum Gasteiger partial charge on any atom is 0.327 e. The third-order valence-electron chi connectivity index (χ3n) is 16.7. The molecule has 0 bridgehead atoms. The lowest BCUT2D eigenvalue weighted by Crippen LogP contribution is -2.62. The first-order valence-corrected chi connectivity index (χ1v) is 37.0. The lowest BCUT2D eigenvalue weighted by atomic mass is 9.96. The van der Waals surface area contributed by atoms with E-state index in [-0.39, 0.29) is 62.5 Å². The Labute approximate surface area is 625 Å². The van der Waals surface area contributed by atoms with E-state index in [0.717, 1.165) is 0 Å². The molecule has 0 radical (unpaired) electrons. The summed E-state index contributed by atoms with van der Waals surface area (Å²) in [6, 6.07) is -13.2.